The number of hydrogen-bond donors (Lipinski definition) is 2. The zero-order chi connectivity index (χ0) is 19.0. The Morgan fingerprint density at radius 3 is 2.68 bits per heavy atom. The van der Waals surface area contributed by atoms with E-state index < -0.39 is 0 Å². The third kappa shape index (κ3) is 6.66. The van der Waals surface area contributed by atoms with Crippen LogP contribution in [0.1, 0.15) is 32.6 Å². The van der Waals surface area contributed by atoms with Crippen LogP contribution in [0.25, 0.3) is 0 Å². The van der Waals surface area contributed by atoms with Gasteiger partial charge in [-0.25, -0.2) is 4.98 Å². The second kappa shape index (κ2) is 12.1. The Morgan fingerprint density at radius 2 is 2.07 bits per heavy atom. The van der Waals surface area contributed by atoms with E-state index in [1.54, 1.807) is 0 Å². The lowest BCUT2D eigenvalue weighted by Crippen LogP contribution is -2.49. The fraction of sp³-hybridized carbons (Fsp3) is 0.700. The Morgan fingerprint density at radius 1 is 1.32 bits per heavy atom. The molecule has 0 unspecified atom stereocenters. The number of rotatable bonds is 6. The van der Waals surface area contributed by atoms with Gasteiger partial charge in [0.15, 0.2) is 5.96 Å². The molecule has 8 heteroatoms. The number of halogens is 1. The maximum absolute atomic E-state index is 5.55. The Bertz CT molecular complexity index is 590. The molecule has 1 aromatic rings. The van der Waals surface area contributed by atoms with Crippen molar-refractivity contribution in [3.8, 4) is 0 Å². The highest BCUT2D eigenvalue weighted by Gasteiger charge is 2.31. The summed E-state index contributed by atoms with van der Waals surface area (Å²) in [4.78, 5) is 11.8. The Balaban J connectivity index is 0.00000280. The lowest BCUT2D eigenvalue weighted by atomic mass is 9.99. The number of aromatic nitrogens is 1. The van der Waals surface area contributed by atoms with Gasteiger partial charge in [0.1, 0.15) is 5.82 Å². The van der Waals surface area contributed by atoms with Crippen molar-refractivity contribution in [2.75, 3.05) is 50.5 Å². The number of piperidine rings is 1. The largest absolute Gasteiger partial charge is 0.381 e. The summed E-state index contributed by atoms with van der Waals surface area (Å²) in [6.07, 6.45) is 8.44. The van der Waals surface area contributed by atoms with Crippen molar-refractivity contribution in [3.63, 3.8) is 0 Å². The van der Waals surface area contributed by atoms with Crippen molar-refractivity contribution in [3.05, 3.63) is 24.4 Å². The summed E-state index contributed by atoms with van der Waals surface area (Å²) in [5.74, 6) is 2.03. The van der Waals surface area contributed by atoms with E-state index in [0.29, 0.717) is 6.04 Å². The molecule has 158 valence electrons. The average molecular weight is 519 g/mol. The number of nitrogens with one attached hydrogen (secondary N) is 2. The van der Waals surface area contributed by atoms with Crippen molar-refractivity contribution in [2.45, 2.75) is 43.4 Å². The minimum atomic E-state index is 0. The molecule has 2 N–H and O–H groups in total. The van der Waals surface area contributed by atoms with Crippen LogP contribution >= 0.6 is 35.7 Å². The first kappa shape index (κ1) is 23.5. The zero-order valence-corrected chi connectivity index (χ0v) is 20.2. The van der Waals surface area contributed by atoms with Gasteiger partial charge in [0, 0.05) is 49.8 Å². The molecule has 2 aliphatic rings. The predicted molar refractivity (Wildman–Crippen MR) is 130 cm³/mol. The molecule has 28 heavy (non-hydrogen) atoms. The standard InChI is InChI=1S/C20H33N5OS.HI/c1-3-21-19(23-16-20(27-2)9-14-26-15-10-20)24-17-7-12-25(13-8-17)18-6-4-5-11-22-18;/h4-6,11,17H,3,7-10,12-16H2,1-2H3,(H2,21,23,24);1H. The Labute approximate surface area is 190 Å². The number of aliphatic imine (C=N–C) groups is 1. The SMILES string of the molecule is CCNC(=NCC1(SC)CCOCC1)NC1CCN(c2ccccn2)CC1.I. The molecule has 2 fully saturated rings. The van der Waals surface area contributed by atoms with Crippen LogP contribution in [-0.2, 0) is 4.74 Å². The van der Waals surface area contributed by atoms with Gasteiger partial charge in [-0.2, -0.15) is 11.8 Å². The van der Waals surface area contributed by atoms with Gasteiger partial charge < -0.3 is 20.3 Å². The van der Waals surface area contributed by atoms with Crippen molar-refractivity contribution in [1.29, 1.82) is 0 Å². The van der Waals surface area contributed by atoms with Crippen molar-refractivity contribution >= 4 is 47.5 Å². The topological polar surface area (TPSA) is 61.8 Å². The minimum absolute atomic E-state index is 0. The van der Waals surface area contributed by atoms with Crippen LogP contribution < -0.4 is 15.5 Å². The van der Waals surface area contributed by atoms with Crippen LogP contribution in [-0.4, -0.2) is 67.4 Å². The summed E-state index contributed by atoms with van der Waals surface area (Å²) in [5, 5.41) is 7.09. The van der Waals surface area contributed by atoms with Crippen LogP contribution in [0.3, 0.4) is 0 Å². The summed E-state index contributed by atoms with van der Waals surface area (Å²) < 4.78 is 5.77. The van der Waals surface area contributed by atoms with Crippen LogP contribution in [0.15, 0.2) is 29.4 Å². The fourth-order valence-corrected chi connectivity index (χ4v) is 4.47. The van der Waals surface area contributed by atoms with Gasteiger partial charge in [-0.15, -0.1) is 24.0 Å². The van der Waals surface area contributed by atoms with Crippen LogP contribution in [0.5, 0.6) is 0 Å². The van der Waals surface area contributed by atoms with Gasteiger partial charge >= 0.3 is 0 Å². The summed E-state index contributed by atoms with van der Waals surface area (Å²) >= 11 is 1.94. The molecular weight excluding hydrogens is 485 g/mol. The molecule has 6 nitrogen and oxygen atoms in total. The van der Waals surface area contributed by atoms with E-state index in [4.69, 9.17) is 9.73 Å². The second-order valence-corrected chi connectivity index (χ2v) is 8.56. The smallest absolute Gasteiger partial charge is 0.191 e. The lowest BCUT2D eigenvalue weighted by Gasteiger charge is -2.35. The van der Waals surface area contributed by atoms with E-state index in [1.165, 1.54) is 0 Å². The molecule has 1 aromatic heterocycles. The monoisotopic (exact) mass is 519 g/mol. The van der Waals surface area contributed by atoms with Crippen molar-refractivity contribution in [1.82, 2.24) is 15.6 Å². The maximum Gasteiger partial charge on any atom is 0.191 e. The first-order valence-electron chi connectivity index (χ1n) is 10.1. The number of anilines is 1. The molecule has 0 radical (unpaired) electrons. The van der Waals surface area contributed by atoms with Crippen molar-refractivity contribution in [2.24, 2.45) is 4.99 Å². The van der Waals surface area contributed by atoms with Gasteiger partial charge in [-0.05, 0) is 51.0 Å². The molecule has 2 saturated heterocycles. The van der Waals surface area contributed by atoms with E-state index in [2.05, 4.69) is 45.8 Å². The van der Waals surface area contributed by atoms with Gasteiger partial charge in [-0.1, -0.05) is 6.07 Å². The van der Waals surface area contributed by atoms with Crippen LogP contribution in [0.4, 0.5) is 5.82 Å². The normalized spacial score (nSPS) is 20.4. The second-order valence-electron chi connectivity index (χ2n) is 7.29. The van der Waals surface area contributed by atoms with Crippen LogP contribution in [0.2, 0.25) is 0 Å². The summed E-state index contributed by atoms with van der Waals surface area (Å²) in [7, 11) is 0. The molecule has 0 amide bonds. The van der Waals surface area contributed by atoms with E-state index in [9.17, 15) is 0 Å². The third-order valence-electron chi connectivity index (χ3n) is 5.52. The minimum Gasteiger partial charge on any atom is -0.381 e. The molecule has 2 aliphatic heterocycles. The third-order valence-corrected chi connectivity index (χ3v) is 6.92. The Kier molecular flexibility index (Phi) is 10.1. The number of pyridine rings is 1. The molecule has 0 aliphatic carbocycles. The number of nitrogens with zero attached hydrogens (tertiary/aromatic N) is 3. The molecule has 0 spiro atoms. The fourth-order valence-electron chi connectivity index (χ4n) is 3.70. The van der Waals surface area contributed by atoms with Gasteiger partial charge in [0.25, 0.3) is 0 Å². The van der Waals surface area contributed by atoms with E-state index in [0.717, 1.165) is 76.9 Å². The number of guanidine groups is 1. The molecular formula is C20H34IN5OS. The van der Waals surface area contributed by atoms with Crippen molar-refractivity contribution < 1.29 is 4.74 Å². The molecule has 3 rings (SSSR count). The summed E-state index contributed by atoms with van der Waals surface area (Å²) in [6.45, 7) is 7.62. The molecule has 0 atom stereocenters. The molecule has 0 saturated carbocycles. The average Bonchev–Trinajstić information content (AvgIpc) is 2.74. The molecule has 0 bridgehead atoms. The van der Waals surface area contributed by atoms with Crippen LogP contribution in [0, 0.1) is 0 Å². The van der Waals surface area contributed by atoms with Gasteiger partial charge in [0.2, 0.25) is 0 Å². The quantitative estimate of drug-likeness (QED) is 0.342. The first-order valence-corrected chi connectivity index (χ1v) is 11.3. The van der Waals surface area contributed by atoms with E-state index >= 15 is 0 Å². The van der Waals surface area contributed by atoms with E-state index in [1.807, 2.05) is 24.0 Å². The maximum atomic E-state index is 5.55. The first-order chi connectivity index (χ1) is 13.2. The zero-order valence-electron chi connectivity index (χ0n) is 17.0. The highest BCUT2D eigenvalue weighted by Crippen LogP contribution is 2.34. The van der Waals surface area contributed by atoms with Gasteiger partial charge in [0.05, 0.1) is 6.54 Å². The molecule has 3 heterocycles. The summed E-state index contributed by atoms with van der Waals surface area (Å²) in [6, 6.07) is 6.58. The Hall–Kier alpha value is -0.740. The predicted octanol–water partition coefficient (Wildman–Crippen LogP) is 3.14. The number of thioether (sulfide) groups is 1. The summed E-state index contributed by atoms with van der Waals surface area (Å²) in [5.41, 5.74) is 0. The number of ether oxygens (including phenoxy) is 1. The number of hydrogen-bond acceptors (Lipinski definition) is 5. The van der Waals surface area contributed by atoms with Gasteiger partial charge in [-0.3, -0.25) is 4.99 Å². The highest BCUT2D eigenvalue weighted by atomic mass is 127. The lowest BCUT2D eigenvalue weighted by molar-refractivity contribution is 0.0794. The van der Waals surface area contributed by atoms with E-state index in [-0.39, 0.29) is 28.7 Å². The molecule has 0 aromatic carbocycles. The highest BCUT2D eigenvalue weighted by molar-refractivity contribution is 14.0.